The van der Waals surface area contributed by atoms with E-state index in [2.05, 4.69) is 20.2 Å². The van der Waals surface area contributed by atoms with Crippen LogP contribution in [0.4, 0.5) is 0 Å². The second kappa shape index (κ2) is 5.84. The van der Waals surface area contributed by atoms with Crippen LogP contribution in [0.3, 0.4) is 0 Å². The number of hydrogen-bond acceptors (Lipinski definition) is 4. The monoisotopic (exact) mass is 337 g/mol. The van der Waals surface area contributed by atoms with Crippen molar-refractivity contribution >= 4 is 16.8 Å². The molecule has 1 unspecified atom stereocenters. The lowest BCUT2D eigenvalue weighted by Crippen LogP contribution is -2.33. The van der Waals surface area contributed by atoms with E-state index in [-0.39, 0.29) is 23.3 Å². The van der Waals surface area contributed by atoms with E-state index in [0.717, 1.165) is 29.8 Å². The summed E-state index contributed by atoms with van der Waals surface area (Å²) in [6, 6.07) is 6.99. The maximum atomic E-state index is 13.0. The smallest absolute Gasteiger partial charge is 0.290 e. The predicted octanol–water partition coefficient (Wildman–Crippen LogP) is 2.24. The number of aromatic amines is 2. The number of benzene rings is 1. The molecule has 1 aromatic carbocycles. The van der Waals surface area contributed by atoms with Crippen LogP contribution in [-0.4, -0.2) is 37.5 Å². The largest absolute Gasteiger partial charge is 0.329 e. The molecule has 0 aliphatic carbocycles. The number of amides is 1. The molecular weight excluding hydrogens is 318 g/mol. The standard InChI is InChI=1S/C18H19N5O2/c1-10-15(11(2)22-21-10)14-8-5-9-23(14)18(25)16-19-13-7-4-3-6-12(13)17(24)20-16/h3-4,6-7,14H,5,8-9H2,1-2H3,(H,21,22)(H,19,20,24). The molecule has 3 heterocycles. The molecule has 1 atom stereocenters. The Morgan fingerprint density at radius 1 is 1.28 bits per heavy atom. The molecule has 4 rings (SSSR count). The Balaban J connectivity index is 1.74. The lowest BCUT2D eigenvalue weighted by Gasteiger charge is -2.24. The minimum Gasteiger partial charge on any atom is -0.329 e. The molecule has 1 amide bonds. The highest BCUT2D eigenvalue weighted by Gasteiger charge is 2.34. The number of aromatic nitrogens is 4. The molecule has 25 heavy (non-hydrogen) atoms. The maximum Gasteiger partial charge on any atom is 0.290 e. The van der Waals surface area contributed by atoms with E-state index < -0.39 is 0 Å². The number of para-hydroxylation sites is 1. The number of nitrogens with one attached hydrogen (secondary N) is 2. The van der Waals surface area contributed by atoms with Gasteiger partial charge in [-0.05, 0) is 38.8 Å². The predicted molar refractivity (Wildman–Crippen MR) is 93.4 cm³/mol. The van der Waals surface area contributed by atoms with Crippen molar-refractivity contribution in [2.75, 3.05) is 6.54 Å². The summed E-state index contributed by atoms with van der Waals surface area (Å²) >= 11 is 0. The Morgan fingerprint density at radius 3 is 2.84 bits per heavy atom. The van der Waals surface area contributed by atoms with Gasteiger partial charge < -0.3 is 9.88 Å². The van der Waals surface area contributed by atoms with Crippen LogP contribution in [0.1, 0.15) is 46.5 Å². The van der Waals surface area contributed by atoms with Crippen molar-refractivity contribution in [1.82, 2.24) is 25.1 Å². The minimum absolute atomic E-state index is 0.0389. The summed E-state index contributed by atoms with van der Waals surface area (Å²) < 4.78 is 0. The zero-order valence-electron chi connectivity index (χ0n) is 14.2. The van der Waals surface area contributed by atoms with Gasteiger partial charge in [0.15, 0.2) is 5.82 Å². The van der Waals surface area contributed by atoms with E-state index in [4.69, 9.17) is 0 Å². The lowest BCUT2D eigenvalue weighted by molar-refractivity contribution is 0.0722. The third-order valence-corrected chi connectivity index (χ3v) is 4.85. The Morgan fingerprint density at radius 2 is 2.08 bits per heavy atom. The molecule has 1 saturated heterocycles. The molecule has 0 spiro atoms. The average Bonchev–Trinajstić information content (AvgIpc) is 3.20. The Bertz CT molecular complexity index is 1000. The number of carbonyl (C=O) groups excluding carboxylic acids is 1. The van der Waals surface area contributed by atoms with E-state index in [1.807, 2.05) is 13.8 Å². The number of fused-ring (bicyclic) bond motifs is 1. The first kappa shape index (κ1) is 15.6. The molecule has 1 fully saturated rings. The number of H-pyrrole nitrogens is 2. The van der Waals surface area contributed by atoms with Crippen LogP contribution in [-0.2, 0) is 0 Å². The van der Waals surface area contributed by atoms with Crippen molar-refractivity contribution in [3.63, 3.8) is 0 Å². The van der Waals surface area contributed by atoms with Crippen LogP contribution in [0.2, 0.25) is 0 Å². The Kier molecular flexibility index (Phi) is 3.63. The summed E-state index contributed by atoms with van der Waals surface area (Å²) in [5.74, 6) is -0.153. The van der Waals surface area contributed by atoms with Gasteiger partial charge in [0.1, 0.15) is 0 Å². The molecule has 0 saturated carbocycles. The number of carbonyl (C=O) groups is 1. The Hall–Kier alpha value is -2.96. The average molecular weight is 337 g/mol. The van der Waals surface area contributed by atoms with E-state index in [1.165, 1.54) is 0 Å². The van der Waals surface area contributed by atoms with Crippen LogP contribution in [0.5, 0.6) is 0 Å². The first-order valence-electron chi connectivity index (χ1n) is 8.37. The summed E-state index contributed by atoms with van der Waals surface area (Å²) in [5.41, 5.74) is 3.18. The van der Waals surface area contributed by atoms with E-state index >= 15 is 0 Å². The molecule has 7 nitrogen and oxygen atoms in total. The highest BCUT2D eigenvalue weighted by atomic mass is 16.2. The van der Waals surface area contributed by atoms with Crippen molar-refractivity contribution < 1.29 is 4.79 Å². The highest BCUT2D eigenvalue weighted by molar-refractivity contribution is 5.93. The van der Waals surface area contributed by atoms with Gasteiger partial charge in [0, 0.05) is 17.8 Å². The zero-order chi connectivity index (χ0) is 17.6. The van der Waals surface area contributed by atoms with Gasteiger partial charge in [0.05, 0.1) is 22.6 Å². The van der Waals surface area contributed by atoms with Gasteiger partial charge in [-0.15, -0.1) is 0 Å². The van der Waals surface area contributed by atoms with Gasteiger partial charge in [-0.25, -0.2) is 4.98 Å². The number of rotatable bonds is 2. The second-order valence-corrected chi connectivity index (χ2v) is 6.44. The fourth-order valence-electron chi connectivity index (χ4n) is 3.68. The number of aryl methyl sites for hydroxylation is 2. The summed E-state index contributed by atoms with van der Waals surface area (Å²) in [5, 5.41) is 7.72. The van der Waals surface area contributed by atoms with Crippen LogP contribution >= 0.6 is 0 Å². The van der Waals surface area contributed by atoms with Crippen molar-refractivity contribution in [3.8, 4) is 0 Å². The fraction of sp³-hybridized carbons (Fsp3) is 0.333. The molecule has 0 bridgehead atoms. The van der Waals surface area contributed by atoms with Crippen LogP contribution < -0.4 is 5.56 Å². The van der Waals surface area contributed by atoms with E-state index in [1.54, 1.807) is 29.2 Å². The molecule has 2 N–H and O–H groups in total. The summed E-state index contributed by atoms with van der Waals surface area (Å²) in [6.45, 7) is 4.55. The first-order valence-corrected chi connectivity index (χ1v) is 8.37. The number of nitrogens with zero attached hydrogens (tertiary/aromatic N) is 3. The quantitative estimate of drug-likeness (QED) is 0.750. The molecule has 1 aliphatic rings. The minimum atomic E-state index is -0.291. The number of hydrogen-bond donors (Lipinski definition) is 2. The van der Waals surface area contributed by atoms with Crippen LogP contribution in [0.15, 0.2) is 29.1 Å². The third-order valence-electron chi connectivity index (χ3n) is 4.85. The van der Waals surface area contributed by atoms with Crippen molar-refractivity contribution in [2.24, 2.45) is 0 Å². The normalized spacial score (nSPS) is 17.4. The van der Waals surface area contributed by atoms with Crippen LogP contribution in [0, 0.1) is 13.8 Å². The first-order chi connectivity index (χ1) is 12.1. The van der Waals surface area contributed by atoms with Gasteiger partial charge in [-0.3, -0.25) is 14.7 Å². The van der Waals surface area contributed by atoms with Crippen molar-refractivity contribution in [3.05, 3.63) is 57.4 Å². The lowest BCUT2D eigenvalue weighted by atomic mass is 10.0. The summed E-state index contributed by atoms with van der Waals surface area (Å²) in [7, 11) is 0. The van der Waals surface area contributed by atoms with Crippen molar-refractivity contribution in [1.29, 1.82) is 0 Å². The van der Waals surface area contributed by atoms with Crippen molar-refractivity contribution in [2.45, 2.75) is 32.7 Å². The molecule has 3 aromatic rings. The van der Waals surface area contributed by atoms with Gasteiger partial charge in [-0.1, -0.05) is 12.1 Å². The van der Waals surface area contributed by atoms with Gasteiger partial charge in [0.2, 0.25) is 0 Å². The van der Waals surface area contributed by atoms with Gasteiger partial charge in [-0.2, -0.15) is 5.10 Å². The Labute approximate surface area is 144 Å². The molecule has 128 valence electrons. The highest BCUT2D eigenvalue weighted by Crippen LogP contribution is 2.35. The van der Waals surface area contributed by atoms with Crippen LogP contribution in [0.25, 0.3) is 10.9 Å². The molecule has 7 heteroatoms. The molecule has 1 aliphatic heterocycles. The van der Waals surface area contributed by atoms with Gasteiger partial charge >= 0.3 is 0 Å². The second-order valence-electron chi connectivity index (χ2n) is 6.44. The topological polar surface area (TPSA) is 94.7 Å². The molecular formula is C18H19N5O2. The van der Waals surface area contributed by atoms with Gasteiger partial charge in [0.25, 0.3) is 11.5 Å². The van der Waals surface area contributed by atoms with E-state index in [9.17, 15) is 9.59 Å². The SMILES string of the molecule is Cc1n[nH]c(C)c1C1CCCN1C(=O)c1nc2ccccc2c(=O)[nH]1. The zero-order valence-corrected chi connectivity index (χ0v) is 14.2. The fourth-order valence-corrected chi connectivity index (χ4v) is 3.68. The molecule has 0 radical (unpaired) electrons. The number of likely N-dealkylation sites (tertiary alicyclic amines) is 1. The summed E-state index contributed by atoms with van der Waals surface area (Å²) in [4.78, 5) is 34.1. The third kappa shape index (κ3) is 2.52. The molecule has 2 aromatic heterocycles. The van der Waals surface area contributed by atoms with E-state index in [0.29, 0.717) is 17.4 Å². The maximum absolute atomic E-state index is 13.0. The summed E-state index contributed by atoms with van der Waals surface area (Å²) in [6.07, 6.45) is 1.79.